The molecule has 10 aromatic carbocycles. The van der Waals surface area contributed by atoms with Gasteiger partial charge in [-0.25, -0.2) is 15.0 Å². The molecule has 15 aromatic rings. The molecule has 0 radical (unpaired) electrons. The molecule has 0 atom stereocenters. The highest BCUT2D eigenvalue weighted by molar-refractivity contribution is 7.26. The smallest absolute Gasteiger partial charge is 0.164 e. The Hall–Kier alpha value is -8.75. The van der Waals surface area contributed by atoms with E-state index in [0.717, 1.165) is 55.4 Å². The number of rotatable bonds is 6. The summed E-state index contributed by atoms with van der Waals surface area (Å²) in [6, 6.07) is 78.0. The van der Waals surface area contributed by atoms with Crippen LogP contribution in [0.25, 0.3) is 146 Å². The zero-order valence-corrected chi connectivity index (χ0v) is 38.9. The standard InChI is InChI=1S/C63H36N4OS2/c1-3-13-37(14-4-1)61-64-62(41-25-29-46-45-18-8-10-24-56(45)69-58(46)36-41)66-63(65-61)48-21-12-23-55-59(48)51-34-38(27-31-54(51)68-55)39-28-32-57-50(33-39)47-20-11-19-43(60(47)70-57)40-26-30-53-49(35-40)44-17-7-9-22-52(44)67(53)42-15-5-2-6-16-42/h1-36H. The van der Waals surface area contributed by atoms with Gasteiger partial charge < -0.3 is 8.98 Å². The number of benzene rings is 10. The van der Waals surface area contributed by atoms with Crippen molar-refractivity contribution in [3.8, 4) is 62.1 Å². The van der Waals surface area contributed by atoms with E-state index in [9.17, 15) is 0 Å². The van der Waals surface area contributed by atoms with E-state index in [1.165, 1.54) is 73.3 Å². The highest BCUT2D eigenvalue weighted by atomic mass is 32.1. The number of thiophene rings is 2. The molecule has 0 aliphatic carbocycles. The second-order valence-electron chi connectivity index (χ2n) is 17.9. The maximum Gasteiger partial charge on any atom is 0.164 e. The lowest BCUT2D eigenvalue weighted by Gasteiger charge is -2.09. The molecule has 15 rings (SSSR count). The molecule has 326 valence electrons. The van der Waals surface area contributed by atoms with Gasteiger partial charge in [-0.05, 0) is 95.1 Å². The largest absolute Gasteiger partial charge is 0.456 e. The number of aromatic nitrogens is 4. The highest BCUT2D eigenvalue weighted by Gasteiger charge is 2.21. The first kappa shape index (κ1) is 39.3. The lowest BCUT2D eigenvalue weighted by molar-refractivity contribution is 0.669. The second kappa shape index (κ2) is 15.4. The van der Waals surface area contributed by atoms with E-state index in [0.29, 0.717) is 17.5 Å². The predicted molar refractivity (Wildman–Crippen MR) is 294 cm³/mol. The van der Waals surface area contributed by atoms with E-state index in [2.05, 4.69) is 193 Å². The van der Waals surface area contributed by atoms with E-state index in [4.69, 9.17) is 19.4 Å². The molecule has 0 N–H and O–H groups in total. The topological polar surface area (TPSA) is 56.7 Å². The van der Waals surface area contributed by atoms with Gasteiger partial charge in [0.2, 0.25) is 0 Å². The van der Waals surface area contributed by atoms with E-state index in [-0.39, 0.29) is 0 Å². The van der Waals surface area contributed by atoms with Gasteiger partial charge in [-0.2, -0.15) is 0 Å². The van der Waals surface area contributed by atoms with E-state index < -0.39 is 0 Å². The normalized spacial score (nSPS) is 12.0. The summed E-state index contributed by atoms with van der Waals surface area (Å²) in [6.45, 7) is 0. The first-order valence-corrected chi connectivity index (χ1v) is 25.0. The first-order chi connectivity index (χ1) is 34.7. The average molecular weight is 929 g/mol. The van der Waals surface area contributed by atoms with Gasteiger partial charge in [0.15, 0.2) is 17.5 Å². The Bertz CT molecular complexity index is 4600. The Balaban J connectivity index is 0.847. The van der Waals surface area contributed by atoms with Gasteiger partial charge in [0.1, 0.15) is 11.2 Å². The van der Waals surface area contributed by atoms with Crippen LogP contribution in [0.4, 0.5) is 0 Å². The van der Waals surface area contributed by atoms with Crippen LogP contribution < -0.4 is 0 Å². The number of furan rings is 1. The van der Waals surface area contributed by atoms with Crippen LogP contribution in [0.2, 0.25) is 0 Å². The zero-order chi connectivity index (χ0) is 45.9. The quantitative estimate of drug-likeness (QED) is 0.167. The summed E-state index contributed by atoms with van der Waals surface area (Å²) in [5.74, 6) is 1.85. The van der Waals surface area contributed by atoms with Crippen LogP contribution in [-0.2, 0) is 0 Å². The van der Waals surface area contributed by atoms with Gasteiger partial charge in [-0.15, -0.1) is 22.7 Å². The van der Waals surface area contributed by atoms with Crippen molar-refractivity contribution in [3.05, 3.63) is 218 Å². The SMILES string of the molecule is c1ccc(-c2nc(-c3ccc4c(c3)sc3ccccc34)nc(-c3cccc4oc5ccc(-c6ccc7sc8c(-c9ccc%10c(c9)c9ccccc9n%10-c9ccccc9)cccc8c7c6)cc5c34)n2)cc1. The number of fused-ring (bicyclic) bond motifs is 12. The summed E-state index contributed by atoms with van der Waals surface area (Å²) in [5.41, 5.74) is 12.7. The molecular weight excluding hydrogens is 893 g/mol. The van der Waals surface area contributed by atoms with Crippen molar-refractivity contribution in [2.45, 2.75) is 0 Å². The monoisotopic (exact) mass is 928 g/mol. The van der Waals surface area contributed by atoms with E-state index in [1.807, 2.05) is 41.7 Å². The summed E-state index contributed by atoms with van der Waals surface area (Å²) in [4.78, 5) is 15.5. The molecule has 0 saturated heterocycles. The summed E-state index contributed by atoms with van der Waals surface area (Å²) in [7, 11) is 0. The molecule has 0 aliphatic heterocycles. The third kappa shape index (κ3) is 6.12. The van der Waals surface area contributed by atoms with Crippen LogP contribution in [-0.4, -0.2) is 19.5 Å². The molecule has 5 nitrogen and oxygen atoms in total. The Labute approximate surface area is 408 Å². The summed E-state index contributed by atoms with van der Waals surface area (Å²) < 4.78 is 14.0. The second-order valence-corrected chi connectivity index (χ2v) is 20.0. The molecule has 0 bridgehead atoms. The minimum atomic E-state index is 0.599. The van der Waals surface area contributed by atoms with Crippen LogP contribution in [0.1, 0.15) is 0 Å². The van der Waals surface area contributed by atoms with Gasteiger partial charge in [0, 0.05) is 84.3 Å². The molecule has 0 unspecified atom stereocenters. The van der Waals surface area contributed by atoms with Crippen LogP contribution in [0.3, 0.4) is 0 Å². The third-order valence-electron chi connectivity index (χ3n) is 13.9. The highest BCUT2D eigenvalue weighted by Crippen LogP contribution is 2.45. The van der Waals surface area contributed by atoms with Crippen molar-refractivity contribution >= 4 is 107 Å². The number of hydrogen-bond acceptors (Lipinski definition) is 6. The van der Waals surface area contributed by atoms with Crippen LogP contribution in [0.15, 0.2) is 223 Å². The number of hydrogen-bond donors (Lipinski definition) is 0. The number of para-hydroxylation sites is 2. The lowest BCUT2D eigenvalue weighted by atomic mass is 9.98. The van der Waals surface area contributed by atoms with Crippen molar-refractivity contribution in [2.75, 3.05) is 0 Å². The van der Waals surface area contributed by atoms with Crippen molar-refractivity contribution in [3.63, 3.8) is 0 Å². The zero-order valence-electron chi connectivity index (χ0n) is 37.3. The predicted octanol–water partition coefficient (Wildman–Crippen LogP) is 17.9. The van der Waals surface area contributed by atoms with Crippen LogP contribution >= 0.6 is 22.7 Å². The molecule has 70 heavy (non-hydrogen) atoms. The Morgan fingerprint density at radius 2 is 0.957 bits per heavy atom. The Kier molecular flexibility index (Phi) is 8.63. The van der Waals surface area contributed by atoms with E-state index in [1.54, 1.807) is 11.3 Å². The van der Waals surface area contributed by atoms with Crippen molar-refractivity contribution in [2.24, 2.45) is 0 Å². The van der Waals surface area contributed by atoms with Crippen LogP contribution in [0.5, 0.6) is 0 Å². The molecule has 0 aliphatic rings. The van der Waals surface area contributed by atoms with Crippen molar-refractivity contribution < 1.29 is 4.42 Å². The van der Waals surface area contributed by atoms with Gasteiger partial charge >= 0.3 is 0 Å². The fraction of sp³-hybridized carbons (Fsp3) is 0. The molecule has 0 spiro atoms. The molecular formula is C63H36N4OS2. The minimum absolute atomic E-state index is 0.599. The number of nitrogens with zero attached hydrogens (tertiary/aromatic N) is 4. The van der Waals surface area contributed by atoms with Gasteiger partial charge in [0.25, 0.3) is 0 Å². The Morgan fingerprint density at radius 3 is 1.84 bits per heavy atom. The summed E-state index contributed by atoms with van der Waals surface area (Å²) in [6.07, 6.45) is 0. The molecule has 0 amide bonds. The van der Waals surface area contributed by atoms with Gasteiger partial charge in [0.05, 0.1) is 11.0 Å². The fourth-order valence-corrected chi connectivity index (χ4v) is 13.0. The third-order valence-corrected chi connectivity index (χ3v) is 16.2. The van der Waals surface area contributed by atoms with Gasteiger partial charge in [-0.3, -0.25) is 0 Å². The minimum Gasteiger partial charge on any atom is -0.456 e. The Morgan fingerprint density at radius 1 is 0.329 bits per heavy atom. The fourth-order valence-electron chi connectivity index (χ4n) is 10.6. The molecule has 0 saturated carbocycles. The maximum absolute atomic E-state index is 6.59. The van der Waals surface area contributed by atoms with Crippen LogP contribution in [0, 0.1) is 0 Å². The van der Waals surface area contributed by atoms with Gasteiger partial charge in [-0.1, -0.05) is 146 Å². The van der Waals surface area contributed by atoms with E-state index >= 15 is 0 Å². The summed E-state index contributed by atoms with van der Waals surface area (Å²) in [5, 5.41) is 9.50. The molecule has 5 aromatic heterocycles. The molecule has 0 fully saturated rings. The van der Waals surface area contributed by atoms with Crippen molar-refractivity contribution in [1.29, 1.82) is 0 Å². The molecule has 7 heteroatoms. The maximum atomic E-state index is 6.59. The first-order valence-electron chi connectivity index (χ1n) is 23.4. The molecule has 5 heterocycles. The lowest BCUT2D eigenvalue weighted by Crippen LogP contribution is -2.00. The van der Waals surface area contributed by atoms with Crippen molar-refractivity contribution in [1.82, 2.24) is 19.5 Å². The summed E-state index contributed by atoms with van der Waals surface area (Å²) >= 11 is 3.66. The average Bonchev–Trinajstić information content (AvgIpc) is 4.19.